The molecule has 6 nitrogen and oxygen atoms in total. The van der Waals surface area contributed by atoms with Crippen LogP contribution in [0.4, 0.5) is 0 Å². The Morgan fingerprint density at radius 3 is 2.85 bits per heavy atom. The maximum atomic E-state index is 5.57. The second-order valence-electron chi connectivity index (χ2n) is 5.42. The van der Waals surface area contributed by atoms with Crippen LogP contribution in [0.5, 0.6) is 0 Å². The highest BCUT2D eigenvalue weighted by molar-refractivity contribution is 5.79. The number of nitrogens with one attached hydrogen (secondary N) is 2. The lowest BCUT2D eigenvalue weighted by molar-refractivity contribution is 0.410. The second kappa shape index (κ2) is 7.28. The molecular weight excluding hydrogens is 252 g/mol. The van der Waals surface area contributed by atoms with E-state index in [-0.39, 0.29) is 0 Å². The van der Waals surface area contributed by atoms with E-state index in [9.17, 15) is 0 Å². The van der Waals surface area contributed by atoms with E-state index < -0.39 is 0 Å². The van der Waals surface area contributed by atoms with Gasteiger partial charge in [0.1, 0.15) is 0 Å². The van der Waals surface area contributed by atoms with Gasteiger partial charge in [-0.3, -0.25) is 10.1 Å². The van der Waals surface area contributed by atoms with E-state index in [2.05, 4.69) is 27.8 Å². The first kappa shape index (κ1) is 14.8. The van der Waals surface area contributed by atoms with Crippen molar-refractivity contribution in [3.63, 3.8) is 0 Å². The number of aromatic nitrogens is 2. The number of rotatable bonds is 4. The quantitative estimate of drug-likeness (QED) is 0.335. The van der Waals surface area contributed by atoms with Crippen molar-refractivity contribution in [1.29, 1.82) is 0 Å². The molecule has 2 rings (SSSR count). The molecule has 1 fully saturated rings. The average molecular weight is 278 g/mol. The zero-order valence-corrected chi connectivity index (χ0v) is 12.5. The molecule has 0 aliphatic heterocycles. The third kappa shape index (κ3) is 3.96. The van der Waals surface area contributed by atoms with Crippen LogP contribution in [0, 0.1) is 0 Å². The minimum atomic E-state index is 0.498. The van der Waals surface area contributed by atoms with Gasteiger partial charge in [0.15, 0.2) is 0 Å². The molecule has 0 bridgehead atoms. The van der Waals surface area contributed by atoms with Gasteiger partial charge < -0.3 is 5.32 Å². The summed E-state index contributed by atoms with van der Waals surface area (Å²) in [6.45, 7) is 2.72. The van der Waals surface area contributed by atoms with Crippen molar-refractivity contribution in [2.24, 2.45) is 17.9 Å². The number of guanidine groups is 1. The minimum Gasteiger partial charge on any atom is -0.353 e. The van der Waals surface area contributed by atoms with Gasteiger partial charge in [0, 0.05) is 24.8 Å². The second-order valence-corrected chi connectivity index (χ2v) is 5.42. The highest BCUT2D eigenvalue weighted by Crippen LogP contribution is 2.17. The molecule has 1 aliphatic rings. The van der Waals surface area contributed by atoms with Crippen LogP contribution in [0.15, 0.2) is 11.2 Å². The molecule has 0 unspecified atom stereocenters. The third-order valence-electron chi connectivity index (χ3n) is 3.82. The van der Waals surface area contributed by atoms with Gasteiger partial charge in [-0.1, -0.05) is 26.2 Å². The van der Waals surface area contributed by atoms with E-state index in [0.717, 1.165) is 17.7 Å². The van der Waals surface area contributed by atoms with E-state index in [4.69, 9.17) is 5.84 Å². The average Bonchev–Trinajstić information content (AvgIpc) is 2.84. The van der Waals surface area contributed by atoms with E-state index in [1.165, 1.54) is 32.1 Å². The van der Waals surface area contributed by atoms with E-state index >= 15 is 0 Å². The van der Waals surface area contributed by atoms with Crippen molar-refractivity contribution in [1.82, 2.24) is 20.5 Å². The predicted octanol–water partition coefficient (Wildman–Crippen LogP) is 1.22. The van der Waals surface area contributed by atoms with Gasteiger partial charge in [-0.05, 0) is 19.3 Å². The third-order valence-corrected chi connectivity index (χ3v) is 3.82. The lowest BCUT2D eigenvalue weighted by Crippen LogP contribution is -2.47. The van der Waals surface area contributed by atoms with Crippen LogP contribution >= 0.6 is 0 Å². The summed E-state index contributed by atoms with van der Waals surface area (Å²) >= 11 is 0. The first-order valence-corrected chi connectivity index (χ1v) is 7.52. The Kier molecular flexibility index (Phi) is 5.40. The molecule has 0 atom stereocenters. The van der Waals surface area contributed by atoms with Gasteiger partial charge in [0.05, 0.1) is 12.2 Å². The Morgan fingerprint density at radius 2 is 2.20 bits per heavy atom. The maximum Gasteiger partial charge on any atom is 0.206 e. The fourth-order valence-electron chi connectivity index (χ4n) is 2.75. The SMILES string of the molecule is CCc1nn(C)cc1CN=C(NN)NC1CCCCC1. The molecule has 1 aromatic rings. The molecule has 1 saturated carbocycles. The molecule has 0 saturated heterocycles. The summed E-state index contributed by atoms with van der Waals surface area (Å²) in [7, 11) is 1.94. The molecule has 0 radical (unpaired) electrons. The summed E-state index contributed by atoms with van der Waals surface area (Å²) < 4.78 is 1.84. The normalized spacial score (nSPS) is 17.2. The van der Waals surface area contributed by atoms with Crippen molar-refractivity contribution < 1.29 is 0 Å². The predicted molar refractivity (Wildman–Crippen MR) is 81.1 cm³/mol. The minimum absolute atomic E-state index is 0.498. The Balaban J connectivity index is 1.95. The van der Waals surface area contributed by atoms with Crippen molar-refractivity contribution in [3.8, 4) is 0 Å². The molecule has 1 aliphatic carbocycles. The maximum absolute atomic E-state index is 5.57. The summed E-state index contributed by atoms with van der Waals surface area (Å²) in [6.07, 6.45) is 9.28. The van der Waals surface area contributed by atoms with Crippen LogP contribution in [-0.2, 0) is 20.0 Å². The summed E-state index contributed by atoms with van der Waals surface area (Å²) in [6, 6.07) is 0.498. The fraction of sp³-hybridized carbons (Fsp3) is 0.714. The first-order chi connectivity index (χ1) is 9.72. The summed E-state index contributed by atoms with van der Waals surface area (Å²) in [5.41, 5.74) is 4.94. The van der Waals surface area contributed by atoms with Crippen LogP contribution in [0.25, 0.3) is 0 Å². The lowest BCUT2D eigenvalue weighted by atomic mass is 9.96. The number of hydrazine groups is 1. The number of aliphatic imine (C=N–C) groups is 1. The lowest BCUT2D eigenvalue weighted by Gasteiger charge is -2.24. The number of nitrogens with two attached hydrogens (primary N) is 1. The van der Waals surface area contributed by atoms with Gasteiger partial charge >= 0.3 is 0 Å². The standard InChI is InChI=1S/C14H26N6/c1-3-13-11(10-20(2)19-13)9-16-14(18-15)17-12-7-5-4-6-8-12/h10,12H,3-9,15H2,1-2H3,(H2,16,17,18). The molecule has 1 aromatic heterocycles. The molecule has 6 heteroatoms. The van der Waals surface area contributed by atoms with Crippen molar-refractivity contribution in [2.75, 3.05) is 0 Å². The summed E-state index contributed by atoms with van der Waals surface area (Å²) in [5.74, 6) is 6.25. The van der Waals surface area contributed by atoms with E-state index in [1.54, 1.807) is 0 Å². The smallest absolute Gasteiger partial charge is 0.206 e. The molecule has 4 N–H and O–H groups in total. The number of hydrogen-bond donors (Lipinski definition) is 3. The summed E-state index contributed by atoms with van der Waals surface area (Å²) in [5, 5.41) is 7.83. The van der Waals surface area contributed by atoms with E-state index in [0.29, 0.717) is 18.5 Å². The first-order valence-electron chi connectivity index (χ1n) is 7.52. The molecule has 0 spiro atoms. The largest absolute Gasteiger partial charge is 0.353 e. The number of aryl methyl sites for hydroxylation is 2. The van der Waals surface area contributed by atoms with Gasteiger partial charge in [-0.15, -0.1) is 0 Å². The van der Waals surface area contributed by atoms with Crippen molar-refractivity contribution in [3.05, 3.63) is 17.5 Å². The van der Waals surface area contributed by atoms with E-state index in [1.807, 2.05) is 17.9 Å². The number of nitrogens with zero attached hydrogens (tertiary/aromatic N) is 3. The van der Waals surface area contributed by atoms with Crippen LogP contribution in [-0.4, -0.2) is 21.8 Å². The van der Waals surface area contributed by atoms with Crippen LogP contribution in [0.1, 0.15) is 50.3 Å². The highest BCUT2D eigenvalue weighted by atomic mass is 15.3. The fourth-order valence-corrected chi connectivity index (χ4v) is 2.75. The Labute approximate surface area is 120 Å². The Bertz CT molecular complexity index is 445. The summed E-state index contributed by atoms with van der Waals surface area (Å²) in [4.78, 5) is 4.54. The molecular formula is C14H26N6. The molecule has 1 heterocycles. The van der Waals surface area contributed by atoms with Crippen molar-refractivity contribution in [2.45, 2.75) is 58.0 Å². The van der Waals surface area contributed by atoms with Gasteiger partial charge in [0.25, 0.3) is 0 Å². The van der Waals surface area contributed by atoms with Crippen LogP contribution in [0.2, 0.25) is 0 Å². The highest BCUT2D eigenvalue weighted by Gasteiger charge is 2.14. The van der Waals surface area contributed by atoms with Gasteiger partial charge in [0.2, 0.25) is 5.96 Å². The van der Waals surface area contributed by atoms with Gasteiger partial charge in [-0.2, -0.15) is 5.10 Å². The molecule has 112 valence electrons. The van der Waals surface area contributed by atoms with Crippen LogP contribution < -0.4 is 16.6 Å². The molecule has 0 amide bonds. The Hall–Kier alpha value is -1.56. The van der Waals surface area contributed by atoms with Crippen molar-refractivity contribution >= 4 is 5.96 Å². The zero-order chi connectivity index (χ0) is 14.4. The van der Waals surface area contributed by atoms with Crippen LogP contribution in [0.3, 0.4) is 0 Å². The Morgan fingerprint density at radius 1 is 1.45 bits per heavy atom. The molecule has 20 heavy (non-hydrogen) atoms. The van der Waals surface area contributed by atoms with Gasteiger partial charge in [-0.25, -0.2) is 10.8 Å². The number of hydrogen-bond acceptors (Lipinski definition) is 3. The molecule has 0 aromatic carbocycles. The topological polar surface area (TPSA) is 80.3 Å². The monoisotopic (exact) mass is 278 g/mol. The zero-order valence-electron chi connectivity index (χ0n) is 12.5.